The van der Waals surface area contributed by atoms with Gasteiger partial charge in [0.15, 0.2) is 0 Å². The number of anilines is 2. The number of nitrogens with one attached hydrogen (secondary N) is 1. The Morgan fingerprint density at radius 3 is 2.46 bits per heavy atom. The number of fused-ring (bicyclic) bond motifs is 1. The van der Waals surface area contributed by atoms with Gasteiger partial charge >= 0.3 is 6.18 Å². The number of alkyl halides is 3. The molecule has 1 aliphatic rings. The number of benzene rings is 2. The minimum atomic E-state index is -4.61. The molecular formula is C16H12F3N3O3S. The lowest BCUT2D eigenvalue weighted by molar-refractivity contribution is -0.137. The van der Waals surface area contributed by atoms with Crippen molar-refractivity contribution in [2.24, 2.45) is 4.40 Å². The van der Waals surface area contributed by atoms with E-state index in [0.717, 1.165) is 18.5 Å². The van der Waals surface area contributed by atoms with Crippen molar-refractivity contribution in [3.8, 4) is 0 Å². The van der Waals surface area contributed by atoms with Crippen LogP contribution in [-0.4, -0.2) is 27.2 Å². The molecule has 3 rings (SSSR count). The molecule has 0 aliphatic carbocycles. The number of carbonyl (C=O) groups excluding carboxylic acids is 1. The number of hydrogen-bond acceptors (Lipinski definition) is 4. The van der Waals surface area contributed by atoms with Crippen molar-refractivity contribution < 1.29 is 26.4 Å². The Morgan fingerprint density at radius 1 is 1.08 bits per heavy atom. The maximum atomic E-state index is 13.0. The van der Waals surface area contributed by atoms with Crippen molar-refractivity contribution in [1.82, 2.24) is 0 Å². The summed E-state index contributed by atoms with van der Waals surface area (Å²) in [5.41, 5.74) is -1.12. The second-order valence-corrected chi connectivity index (χ2v) is 6.98. The lowest BCUT2D eigenvalue weighted by Gasteiger charge is -2.24. The molecule has 0 unspecified atom stereocenters. The fourth-order valence-electron chi connectivity index (χ4n) is 2.46. The van der Waals surface area contributed by atoms with Crippen LogP contribution in [-0.2, 0) is 21.0 Å². The van der Waals surface area contributed by atoms with Gasteiger partial charge in [0.1, 0.15) is 17.8 Å². The Labute approximate surface area is 147 Å². The lowest BCUT2D eigenvalue weighted by Crippen LogP contribution is -2.35. The van der Waals surface area contributed by atoms with Gasteiger partial charge in [0.05, 0.1) is 16.9 Å². The number of rotatable bonds is 3. The molecule has 0 fully saturated rings. The Balaban J connectivity index is 1.83. The highest BCUT2D eigenvalue weighted by Crippen LogP contribution is 2.34. The fourth-order valence-corrected chi connectivity index (χ4v) is 3.51. The molecule has 26 heavy (non-hydrogen) atoms. The van der Waals surface area contributed by atoms with E-state index < -0.39 is 34.2 Å². The van der Waals surface area contributed by atoms with Gasteiger partial charge in [-0.2, -0.15) is 21.6 Å². The summed E-state index contributed by atoms with van der Waals surface area (Å²) in [4.78, 5) is 13.4. The van der Waals surface area contributed by atoms with Crippen molar-refractivity contribution >= 4 is 33.6 Å². The molecule has 0 saturated heterocycles. The highest BCUT2D eigenvalue weighted by atomic mass is 32.2. The monoisotopic (exact) mass is 383 g/mol. The van der Waals surface area contributed by atoms with E-state index in [1.165, 1.54) is 35.2 Å². The summed E-state index contributed by atoms with van der Waals surface area (Å²) in [5, 5.41) is 2.20. The van der Waals surface area contributed by atoms with E-state index in [-0.39, 0.29) is 16.3 Å². The molecule has 6 nitrogen and oxygen atoms in total. The summed E-state index contributed by atoms with van der Waals surface area (Å²) in [6, 6.07) is 10.5. The molecule has 0 radical (unpaired) electrons. The zero-order valence-corrected chi connectivity index (χ0v) is 13.9. The van der Waals surface area contributed by atoms with Crippen LogP contribution in [0.5, 0.6) is 0 Å². The molecule has 1 N–H and O–H groups in total. The summed E-state index contributed by atoms with van der Waals surface area (Å²) in [6.07, 6.45) is -3.65. The smallest absolute Gasteiger partial charge is 0.324 e. The van der Waals surface area contributed by atoms with Crippen molar-refractivity contribution in [3.05, 3.63) is 54.1 Å². The minimum Gasteiger partial charge on any atom is -0.324 e. The molecule has 1 aliphatic heterocycles. The summed E-state index contributed by atoms with van der Waals surface area (Å²) in [6.45, 7) is -0.401. The molecule has 10 heteroatoms. The minimum absolute atomic E-state index is 0.0778. The standard InChI is InChI=1S/C16H12F3N3O3S/c17-16(18,19)11-5-1-2-6-12(11)21-15(23)9-22-10-20-26(24,25)14-8-4-3-7-13(14)22/h1-8,10H,9H2,(H,21,23). The van der Waals surface area contributed by atoms with Gasteiger partial charge in [-0.3, -0.25) is 4.79 Å². The fraction of sp³-hybridized carbons (Fsp3) is 0.125. The number of halogens is 3. The normalized spacial score (nSPS) is 15.4. The van der Waals surface area contributed by atoms with Crippen LogP contribution in [0.15, 0.2) is 57.8 Å². The largest absolute Gasteiger partial charge is 0.418 e. The SMILES string of the molecule is O=C(CN1C=NS(=O)(=O)c2ccccc21)Nc1ccccc1C(F)(F)F. The van der Waals surface area contributed by atoms with Gasteiger partial charge in [-0.1, -0.05) is 24.3 Å². The molecule has 136 valence electrons. The predicted octanol–water partition coefficient (Wildman–Crippen LogP) is 2.88. The zero-order valence-electron chi connectivity index (χ0n) is 13.1. The van der Waals surface area contributed by atoms with E-state index in [2.05, 4.69) is 9.71 Å². The average Bonchev–Trinajstić information content (AvgIpc) is 2.57. The molecule has 2 aromatic carbocycles. The van der Waals surface area contributed by atoms with Gasteiger partial charge in [0.2, 0.25) is 5.91 Å². The van der Waals surface area contributed by atoms with Crippen LogP contribution in [0, 0.1) is 0 Å². The molecule has 1 amide bonds. The second kappa shape index (κ2) is 6.45. The zero-order chi connectivity index (χ0) is 18.9. The molecule has 2 aromatic rings. The number of nitrogens with zero attached hydrogens (tertiary/aromatic N) is 2. The Bertz CT molecular complexity index is 987. The molecule has 0 bridgehead atoms. The van der Waals surface area contributed by atoms with Crippen LogP contribution in [0.25, 0.3) is 0 Å². The van der Waals surface area contributed by atoms with Crippen molar-refractivity contribution in [2.75, 3.05) is 16.8 Å². The molecular weight excluding hydrogens is 371 g/mol. The highest BCUT2D eigenvalue weighted by molar-refractivity contribution is 7.90. The maximum Gasteiger partial charge on any atom is 0.418 e. The Kier molecular flexibility index (Phi) is 4.45. The topological polar surface area (TPSA) is 78.8 Å². The average molecular weight is 383 g/mol. The van der Waals surface area contributed by atoms with E-state index in [1.807, 2.05) is 0 Å². The third kappa shape index (κ3) is 3.54. The van der Waals surface area contributed by atoms with Gasteiger partial charge in [-0.05, 0) is 24.3 Å². The van der Waals surface area contributed by atoms with Crippen LogP contribution >= 0.6 is 0 Å². The first-order chi connectivity index (χ1) is 12.2. The van der Waals surface area contributed by atoms with E-state index in [0.29, 0.717) is 0 Å². The van der Waals surface area contributed by atoms with Crippen LogP contribution < -0.4 is 10.2 Å². The van der Waals surface area contributed by atoms with Crippen LogP contribution in [0.4, 0.5) is 24.5 Å². The molecule has 0 saturated carbocycles. The highest BCUT2D eigenvalue weighted by Gasteiger charge is 2.34. The number of sulfonamides is 1. The third-order valence-corrected chi connectivity index (χ3v) is 4.87. The Morgan fingerprint density at radius 2 is 1.73 bits per heavy atom. The van der Waals surface area contributed by atoms with Gasteiger partial charge in [0, 0.05) is 0 Å². The first-order valence-corrected chi connectivity index (χ1v) is 8.75. The molecule has 0 atom stereocenters. The summed E-state index contributed by atoms with van der Waals surface area (Å²) < 4.78 is 66.2. The van der Waals surface area contributed by atoms with Crippen LogP contribution in [0.3, 0.4) is 0 Å². The number of hydrogen-bond donors (Lipinski definition) is 1. The quantitative estimate of drug-likeness (QED) is 0.884. The molecule has 0 spiro atoms. The summed E-state index contributed by atoms with van der Waals surface area (Å²) >= 11 is 0. The van der Waals surface area contributed by atoms with Gasteiger partial charge in [-0.15, -0.1) is 4.40 Å². The van der Waals surface area contributed by atoms with Gasteiger partial charge in [0.25, 0.3) is 10.0 Å². The van der Waals surface area contributed by atoms with E-state index >= 15 is 0 Å². The first-order valence-electron chi connectivity index (χ1n) is 7.31. The van der Waals surface area contributed by atoms with Crippen molar-refractivity contribution in [3.63, 3.8) is 0 Å². The number of amides is 1. The van der Waals surface area contributed by atoms with Crippen molar-refractivity contribution in [1.29, 1.82) is 0 Å². The Hall–Kier alpha value is -2.88. The summed E-state index contributed by atoms with van der Waals surface area (Å²) in [5.74, 6) is -0.748. The van der Waals surface area contributed by atoms with E-state index in [9.17, 15) is 26.4 Å². The lowest BCUT2D eigenvalue weighted by atomic mass is 10.1. The van der Waals surface area contributed by atoms with Crippen LogP contribution in [0.2, 0.25) is 0 Å². The number of carbonyl (C=O) groups is 1. The second-order valence-electron chi connectivity index (χ2n) is 5.38. The maximum absolute atomic E-state index is 13.0. The van der Waals surface area contributed by atoms with E-state index in [4.69, 9.17) is 0 Å². The first kappa shape index (κ1) is 17.9. The van der Waals surface area contributed by atoms with Gasteiger partial charge in [-0.25, -0.2) is 0 Å². The number of para-hydroxylation sites is 2. The molecule has 1 heterocycles. The van der Waals surface area contributed by atoms with E-state index in [1.54, 1.807) is 6.07 Å². The third-order valence-electron chi connectivity index (χ3n) is 3.60. The van der Waals surface area contributed by atoms with Crippen molar-refractivity contribution in [2.45, 2.75) is 11.1 Å². The van der Waals surface area contributed by atoms with Gasteiger partial charge < -0.3 is 10.2 Å². The predicted molar refractivity (Wildman–Crippen MR) is 89.5 cm³/mol. The van der Waals surface area contributed by atoms with Crippen LogP contribution in [0.1, 0.15) is 5.56 Å². The molecule has 0 aromatic heterocycles. The summed E-state index contributed by atoms with van der Waals surface area (Å²) in [7, 11) is -3.85.